The Kier molecular flexibility index (Phi) is 3.12. The Hall–Kier alpha value is -2.40. The largest absolute Gasteiger partial charge is 0.382 e. The second-order valence-corrected chi connectivity index (χ2v) is 4.84. The van der Waals surface area contributed by atoms with Crippen LogP contribution in [0.5, 0.6) is 0 Å². The van der Waals surface area contributed by atoms with Gasteiger partial charge in [-0.3, -0.25) is 4.98 Å². The summed E-state index contributed by atoms with van der Waals surface area (Å²) in [6.07, 6.45) is 3.39. The molecule has 0 radical (unpaired) electrons. The molecule has 0 aliphatic heterocycles. The summed E-state index contributed by atoms with van der Waals surface area (Å²) in [7, 11) is 0. The molecule has 0 aliphatic carbocycles. The summed E-state index contributed by atoms with van der Waals surface area (Å²) in [4.78, 5) is 3.98. The van der Waals surface area contributed by atoms with Crippen LogP contribution in [0.1, 0.15) is 5.56 Å². The smallest absolute Gasteiger partial charge is 0.155 e. The van der Waals surface area contributed by atoms with E-state index in [2.05, 4.69) is 15.3 Å². The topological polar surface area (TPSA) is 69.6 Å². The lowest BCUT2D eigenvalue weighted by molar-refractivity contribution is 0.806. The first-order valence-electron chi connectivity index (χ1n) is 6.05. The first kappa shape index (κ1) is 12.6. The van der Waals surface area contributed by atoms with Crippen molar-refractivity contribution in [3.05, 3.63) is 53.3 Å². The van der Waals surface area contributed by atoms with Gasteiger partial charge in [0.1, 0.15) is 5.69 Å². The van der Waals surface area contributed by atoms with E-state index in [1.54, 1.807) is 17.1 Å². The van der Waals surface area contributed by atoms with E-state index < -0.39 is 0 Å². The highest BCUT2D eigenvalue weighted by atomic mass is 35.5. The second kappa shape index (κ2) is 4.94. The van der Waals surface area contributed by atoms with E-state index in [4.69, 9.17) is 17.3 Å². The number of hydrogen-bond acceptors (Lipinski definition) is 4. The standard InChI is InChI=1S/C14H12ClN5/c1-9-2-3-11(15)8-12(9)20-14(16)13(18-19-20)10-4-6-17-7-5-10/h2-8H,16H2,1H3. The van der Waals surface area contributed by atoms with E-state index in [0.717, 1.165) is 16.8 Å². The third-order valence-electron chi connectivity index (χ3n) is 3.06. The highest BCUT2D eigenvalue weighted by Crippen LogP contribution is 2.27. The van der Waals surface area contributed by atoms with Gasteiger partial charge < -0.3 is 5.73 Å². The Labute approximate surface area is 121 Å². The van der Waals surface area contributed by atoms with Crippen molar-refractivity contribution in [2.75, 3.05) is 5.73 Å². The van der Waals surface area contributed by atoms with Crippen LogP contribution < -0.4 is 5.73 Å². The van der Waals surface area contributed by atoms with Crippen molar-refractivity contribution >= 4 is 17.4 Å². The van der Waals surface area contributed by atoms with Crippen LogP contribution in [0.25, 0.3) is 16.9 Å². The molecule has 3 aromatic rings. The van der Waals surface area contributed by atoms with Crippen LogP contribution in [-0.4, -0.2) is 20.0 Å². The zero-order valence-corrected chi connectivity index (χ0v) is 11.5. The minimum absolute atomic E-state index is 0.474. The van der Waals surface area contributed by atoms with Gasteiger partial charge in [-0.2, -0.15) is 4.68 Å². The minimum atomic E-state index is 0.474. The molecule has 100 valence electrons. The van der Waals surface area contributed by atoms with Crippen LogP contribution in [0.4, 0.5) is 5.82 Å². The highest BCUT2D eigenvalue weighted by Gasteiger charge is 2.14. The Morgan fingerprint density at radius 1 is 1.15 bits per heavy atom. The number of nitrogen functional groups attached to an aromatic ring is 1. The number of aromatic nitrogens is 4. The number of halogens is 1. The van der Waals surface area contributed by atoms with Crippen LogP contribution in [-0.2, 0) is 0 Å². The summed E-state index contributed by atoms with van der Waals surface area (Å²) in [5.74, 6) is 0.474. The van der Waals surface area contributed by atoms with Gasteiger partial charge in [0, 0.05) is 23.0 Å². The van der Waals surface area contributed by atoms with Crippen LogP contribution >= 0.6 is 11.6 Å². The van der Waals surface area contributed by atoms with Crippen molar-refractivity contribution < 1.29 is 0 Å². The van der Waals surface area contributed by atoms with Gasteiger partial charge in [0.2, 0.25) is 0 Å². The molecule has 1 aromatic carbocycles. The van der Waals surface area contributed by atoms with E-state index in [1.165, 1.54) is 0 Å². The molecular weight excluding hydrogens is 274 g/mol. The Balaban J connectivity index is 2.14. The van der Waals surface area contributed by atoms with Crippen LogP contribution in [0, 0.1) is 6.92 Å². The summed E-state index contributed by atoms with van der Waals surface area (Å²) in [5, 5.41) is 8.91. The molecule has 0 amide bonds. The quantitative estimate of drug-likeness (QED) is 0.786. The Morgan fingerprint density at radius 3 is 2.65 bits per heavy atom. The van der Waals surface area contributed by atoms with Crippen LogP contribution in [0.2, 0.25) is 5.02 Å². The number of aryl methyl sites for hydroxylation is 1. The maximum Gasteiger partial charge on any atom is 0.155 e. The Bertz CT molecular complexity index is 752. The molecule has 2 heterocycles. The number of pyridine rings is 1. The summed E-state index contributed by atoms with van der Waals surface area (Å²) in [5.41, 5.74) is 9.51. The Morgan fingerprint density at radius 2 is 1.90 bits per heavy atom. The molecule has 0 atom stereocenters. The molecule has 0 spiro atoms. The molecule has 3 rings (SSSR count). The minimum Gasteiger partial charge on any atom is -0.382 e. The number of nitrogens with zero attached hydrogens (tertiary/aromatic N) is 4. The molecular formula is C14H12ClN5. The van der Waals surface area contributed by atoms with Gasteiger partial charge in [-0.15, -0.1) is 5.10 Å². The highest BCUT2D eigenvalue weighted by molar-refractivity contribution is 6.30. The third kappa shape index (κ3) is 2.12. The number of anilines is 1. The van der Waals surface area contributed by atoms with Crippen molar-refractivity contribution in [2.45, 2.75) is 6.92 Å². The van der Waals surface area contributed by atoms with Crippen molar-refractivity contribution in [3.8, 4) is 16.9 Å². The fraction of sp³-hybridized carbons (Fsp3) is 0.0714. The summed E-state index contributed by atoms with van der Waals surface area (Å²) >= 11 is 6.03. The predicted molar refractivity (Wildman–Crippen MR) is 78.7 cm³/mol. The van der Waals surface area contributed by atoms with E-state index >= 15 is 0 Å². The van der Waals surface area contributed by atoms with Crippen LogP contribution in [0.15, 0.2) is 42.7 Å². The van der Waals surface area contributed by atoms with E-state index in [0.29, 0.717) is 16.5 Å². The van der Waals surface area contributed by atoms with Gasteiger partial charge in [-0.1, -0.05) is 22.9 Å². The van der Waals surface area contributed by atoms with Gasteiger partial charge in [0.15, 0.2) is 5.82 Å². The lowest BCUT2D eigenvalue weighted by Gasteiger charge is -2.07. The van der Waals surface area contributed by atoms with Gasteiger partial charge >= 0.3 is 0 Å². The molecule has 20 heavy (non-hydrogen) atoms. The van der Waals surface area contributed by atoms with Gasteiger partial charge in [0.05, 0.1) is 5.69 Å². The molecule has 0 unspecified atom stereocenters. The lowest BCUT2D eigenvalue weighted by Crippen LogP contribution is -2.04. The van der Waals surface area contributed by atoms with Gasteiger partial charge in [-0.25, -0.2) is 0 Å². The lowest BCUT2D eigenvalue weighted by atomic mass is 10.2. The van der Waals surface area contributed by atoms with E-state index in [1.807, 2.05) is 37.3 Å². The summed E-state index contributed by atoms with van der Waals surface area (Å²) < 4.78 is 1.59. The van der Waals surface area contributed by atoms with Crippen molar-refractivity contribution in [3.63, 3.8) is 0 Å². The zero-order chi connectivity index (χ0) is 14.1. The number of rotatable bonds is 2. The first-order chi connectivity index (χ1) is 9.66. The molecule has 5 nitrogen and oxygen atoms in total. The average Bonchev–Trinajstić information content (AvgIpc) is 2.84. The van der Waals surface area contributed by atoms with E-state index in [-0.39, 0.29) is 0 Å². The fourth-order valence-corrected chi connectivity index (χ4v) is 2.16. The molecule has 2 aromatic heterocycles. The fourth-order valence-electron chi connectivity index (χ4n) is 1.99. The van der Waals surface area contributed by atoms with Gasteiger partial charge in [0.25, 0.3) is 0 Å². The van der Waals surface area contributed by atoms with Crippen molar-refractivity contribution in [2.24, 2.45) is 0 Å². The average molecular weight is 286 g/mol. The molecule has 2 N–H and O–H groups in total. The predicted octanol–water partition coefficient (Wildman–Crippen LogP) is 2.87. The molecule has 6 heteroatoms. The zero-order valence-electron chi connectivity index (χ0n) is 10.8. The maximum atomic E-state index is 6.16. The number of nitrogens with two attached hydrogens (primary N) is 1. The number of benzene rings is 1. The molecule has 0 aliphatic rings. The summed E-state index contributed by atoms with van der Waals surface area (Å²) in [6.45, 7) is 1.97. The summed E-state index contributed by atoms with van der Waals surface area (Å²) in [6, 6.07) is 9.26. The number of hydrogen-bond donors (Lipinski definition) is 1. The van der Waals surface area contributed by atoms with Crippen molar-refractivity contribution in [1.29, 1.82) is 0 Å². The second-order valence-electron chi connectivity index (χ2n) is 4.40. The maximum absolute atomic E-state index is 6.16. The molecule has 0 bridgehead atoms. The van der Waals surface area contributed by atoms with E-state index in [9.17, 15) is 0 Å². The first-order valence-corrected chi connectivity index (χ1v) is 6.42. The molecule has 0 fully saturated rings. The normalized spacial score (nSPS) is 10.7. The van der Waals surface area contributed by atoms with Crippen LogP contribution in [0.3, 0.4) is 0 Å². The van der Waals surface area contributed by atoms with Crippen molar-refractivity contribution in [1.82, 2.24) is 20.0 Å². The SMILES string of the molecule is Cc1ccc(Cl)cc1-n1nnc(-c2ccncc2)c1N. The van der Waals surface area contributed by atoms with Gasteiger partial charge in [-0.05, 0) is 36.8 Å². The molecule has 0 saturated heterocycles. The monoisotopic (exact) mass is 285 g/mol. The molecule has 0 saturated carbocycles. The third-order valence-corrected chi connectivity index (χ3v) is 3.29.